The number of carbonyl (C=O) groups excluding carboxylic acids is 2. The van der Waals surface area contributed by atoms with Crippen LogP contribution in [0.2, 0.25) is 0 Å². The number of amides is 2. The number of carbonyl (C=O) groups is 2. The van der Waals surface area contributed by atoms with Gasteiger partial charge >= 0.3 is 0 Å². The minimum absolute atomic E-state index is 0.0269. The SMILES string of the molecule is COc1ccc(CCC2CCN(C(=O)C3CCCN(C(=O)C(C)(C)C)C3)CC2)cc1. The molecule has 166 valence electrons. The molecule has 3 rings (SSSR count). The van der Waals surface area contributed by atoms with Gasteiger partial charge in [0.15, 0.2) is 0 Å². The molecule has 1 aromatic rings. The van der Waals surface area contributed by atoms with Crippen LogP contribution in [0.4, 0.5) is 0 Å². The summed E-state index contributed by atoms with van der Waals surface area (Å²) in [7, 11) is 1.69. The summed E-state index contributed by atoms with van der Waals surface area (Å²) in [5, 5.41) is 0. The van der Waals surface area contributed by atoms with E-state index in [-0.39, 0.29) is 23.1 Å². The van der Waals surface area contributed by atoms with Crippen LogP contribution in [0.15, 0.2) is 24.3 Å². The Balaban J connectivity index is 1.44. The van der Waals surface area contributed by atoms with Gasteiger partial charge in [-0.3, -0.25) is 9.59 Å². The first kappa shape index (κ1) is 22.6. The molecule has 0 aromatic heterocycles. The standard InChI is InChI=1S/C25H38N2O3/c1-25(2,3)24(29)27-15-5-6-21(18-27)23(28)26-16-13-20(14-17-26)8-7-19-9-11-22(30-4)12-10-19/h9-12,20-21H,5-8,13-18H2,1-4H3. The normalized spacial score (nSPS) is 20.9. The summed E-state index contributed by atoms with van der Waals surface area (Å²) in [6.45, 7) is 8.96. The van der Waals surface area contributed by atoms with Gasteiger partial charge in [0.25, 0.3) is 0 Å². The molecule has 5 nitrogen and oxygen atoms in total. The zero-order valence-electron chi connectivity index (χ0n) is 19.2. The Morgan fingerprint density at radius 2 is 1.67 bits per heavy atom. The third kappa shape index (κ3) is 5.77. The summed E-state index contributed by atoms with van der Waals surface area (Å²) in [6.07, 6.45) is 6.25. The smallest absolute Gasteiger partial charge is 0.227 e. The molecule has 0 aliphatic carbocycles. The Hall–Kier alpha value is -2.04. The van der Waals surface area contributed by atoms with Gasteiger partial charge in [-0.2, -0.15) is 0 Å². The lowest BCUT2D eigenvalue weighted by Gasteiger charge is -2.39. The molecule has 1 atom stereocenters. The van der Waals surface area contributed by atoms with Crippen LogP contribution in [-0.2, 0) is 16.0 Å². The third-order valence-corrected chi connectivity index (χ3v) is 6.63. The maximum Gasteiger partial charge on any atom is 0.227 e. The fourth-order valence-corrected chi connectivity index (χ4v) is 4.70. The van der Waals surface area contributed by atoms with E-state index in [2.05, 4.69) is 17.0 Å². The first-order valence-corrected chi connectivity index (χ1v) is 11.5. The van der Waals surface area contributed by atoms with Crippen LogP contribution in [-0.4, -0.2) is 54.9 Å². The number of methoxy groups -OCH3 is 1. The second-order valence-electron chi connectivity index (χ2n) is 10.00. The molecular formula is C25H38N2O3. The Bertz CT molecular complexity index is 715. The lowest BCUT2D eigenvalue weighted by atomic mass is 9.88. The summed E-state index contributed by atoms with van der Waals surface area (Å²) in [5.74, 6) is 1.98. The molecule has 2 aliphatic rings. The molecule has 0 saturated carbocycles. The number of nitrogens with zero attached hydrogens (tertiary/aromatic N) is 2. The van der Waals surface area contributed by atoms with Crippen LogP contribution in [0, 0.1) is 17.3 Å². The van der Waals surface area contributed by atoms with E-state index in [0.29, 0.717) is 12.5 Å². The van der Waals surface area contributed by atoms with Crippen molar-refractivity contribution in [1.29, 1.82) is 0 Å². The number of aryl methyl sites for hydroxylation is 1. The van der Waals surface area contributed by atoms with Crippen molar-refractivity contribution in [2.75, 3.05) is 33.3 Å². The van der Waals surface area contributed by atoms with Crippen molar-refractivity contribution in [3.05, 3.63) is 29.8 Å². The van der Waals surface area contributed by atoms with Crippen LogP contribution in [0.1, 0.15) is 58.4 Å². The molecule has 1 aromatic carbocycles. The summed E-state index contributed by atoms with van der Waals surface area (Å²) in [4.78, 5) is 29.7. The van der Waals surface area contributed by atoms with Crippen molar-refractivity contribution in [2.24, 2.45) is 17.3 Å². The second-order valence-corrected chi connectivity index (χ2v) is 10.00. The van der Waals surface area contributed by atoms with E-state index in [1.807, 2.05) is 37.8 Å². The molecule has 0 bridgehead atoms. The largest absolute Gasteiger partial charge is 0.497 e. The molecule has 0 radical (unpaired) electrons. The van der Waals surface area contributed by atoms with Crippen molar-refractivity contribution < 1.29 is 14.3 Å². The van der Waals surface area contributed by atoms with Crippen molar-refractivity contribution >= 4 is 11.8 Å². The molecular weight excluding hydrogens is 376 g/mol. The lowest BCUT2D eigenvalue weighted by molar-refractivity contribution is -0.145. The molecule has 0 N–H and O–H groups in total. The van der Waals surface area contributed by atoms with Crippen LogP contribution >= 0.6 is 0 Å². The molecule has 2 heterocycles. The fourth-order valence-electron chi connectivity index (χ4n) is 4.70. The van der Waals surface area contributed by atoms with E-state index in [9.17, 15) is 9.59 Å². The maximum atomic E-state index is 13.1. The highest BCUT2D eigenvalue weighted by Crippen LogP contribution is 2.28. The van der Waals surface area contributed by atoms with Gasteiger partial charge in [0.2, 0.25) is 11.8 Å². The predicted octanol–water partition coefficient (Wildman–Crippen LogP) is 4.15. The van der Waals surface area contributed by atoms with Crippen LogP contribution < -0.4 is 4.74 Å². The first-order chi connectivity index (χ1) is 14.3. The predicted molar refractivity (Wildman–Crippen MR) is 119 cm³/mol. The number of ether oxygens (including phenoxy) is 1. The van der Waals surface area contributed by atoms with Crippen LogP contribution in [0.25, 0.3) is 0 Å². The first-order valence-electron chi connectivity index (χ1n) is 11.5. The molecule has 2 amide bonds. The van der Waals surface area contributed by atoms with Crippen LogP contribution in [0.3, 0.4) is 0 Å². The zero-order valence-corrected chi connectivity index (χ0v) is 19.2. The number of piperidine rings is 2. The van der Waals surface area contributed by atoms with E-state index < -0.39 is 0 Å². The molecule has 2 aliphatic heterocycles. The van der Waals surface area contributed by atoms with Gasteiger partial charge in [-0.25, -0.2) is 0 Å². The average Bonchev–Trinajstić information content (AvgIpc) is 2.77. The van der Waals surface area contributed by atoms with Crippen LogP contribution in [0.5, 0.6) is 5.75 Å². The topological polar surface area (TPSA) is 49.9 Å². The number of likely N-dealkylation sites (tertiary alicyclic amines) is 2. The molecule has 30 heavy (non-hydrogen) atoms. The molecule has 0 spiro atoms. The number of hydrogen-bond donors (Lipinski definition) is 0. The Morgan fingerprint density at radius 3 is 2.27 bits per heavy atom. The van der Waals surface area contributed by atoms with Gasteiger partial charge in [-0.1, -0.05) is 32.9 Å². The van der Waals surface area contributed by atoms with Gasteiger partial charge < -0.3 is 14.5 Å². The highest BCUT2D eigenvalue weighted by Gasteiger charge is 2.35. The number of rotatable bonds is 5. The quantitative estimate of drug-likeness (QED) is 0.727. The van der Waals surface area contributed by atoms with E-state index in [0.717, 1.165) is 57.5 Å². The highest BCUT2D eigenvalue weighted by molar-refractivity contribution is 5.84. The summed E-state index contributed by atoms with van der Waals surface area (Å²) < 4.78 is 5.22. The minimum Gasteiger partial charge on any atom is -0.497 e. The monoisotopic (exact) mass is 414 g/mol. The molecule has 2 saturated heterocycles. The Kier molecular flexibility index (Phi) is 7.43. The van der Waals surface area contributed by atoms with E-state index in [4.69, 9.17) is 4.74 Å². The summed E-state index contributed by atoms with van der Waals surface area (Å²) >= 11 is 0. The van der Waals surface area contributed by atoms with Gasteiger partial charge in [0.1, 0.15) is 5.75 Å². The van der Waals surface area contributed by atoms with Gasteiger partial charge in [0, 0.05) is 31.6 Å². The molecule has 2 fully saturated rings. The Labute approximate surface area is 181 Å². The van der Waals surface area contributed by atoms with Gasteiger partial charge in [0.05, 0.1) is 13.0 Å². The number of benzene rings is 1. The number of hydrogen-bond acceptors (Lipinski definition) is 3. The third-order valence-electron chi connectivity index (χ3n) is 6.63. The average molecular weight is 415 g/mol. The van der Waals surface area contributed by atoms with Crippen molar-refractivity contribution in [2.45, 2.75) is 59.3 Å². The van der Waals surface area contributed by atoms with Crippen molar-refractivity contribution in [1.82, 2.24) is 9.80 Å². The van der Waals surface area contributed by atoms with Gasteiger partial charge in [-0.05, 0) is 62.1 Å². The van der Waals surface area contributed by atoms with Crippen molar-refractivity contribution in [3.63, 3.8) is 0 Å². The minimum atomic E-state index is -0.382. The van der Waals surface area contributed by atoms with E-state index in [1.54, 1.807) is 7.11 Å². The van der Waals surface area contributed by atoms with Crippen molar-refractivity contribution in [3.8, 4) is 5.75 Å². The van der Waals surface area contributed by atoms with E-state index >= 15 is 0 Å². The maximum absolute atomic E-state index is 13.1. The Morgan fingerprint density at radius 1 is 1.00 bits per heavy atom. The summed E-state index contributed by atoms with van der Waals surface area (Å²) in [5.41, 5.74) is 0.966. The highest BCUT2D eigenvalue weighted by atomic mass is 16.5. The van der Waals surface area contributed by atoms with Gasteiger partial charge in [-0.15, -0.1) is 0 Å². The fraction of sp³-hybridized carbons (Fsp3) is 0.680. The lowest BCUT2D eigenvalue weighted by Crippen LogP contribution is -2.50. The zero-order chi connectivity index (χ0) is 21.7. The summed E-state index contributed by atoms with van der Waals surface area (Å²) in [6, 6.07) is 8.33. The molecule has 5 heteroatoms. The molecule has 1 unspecified atom stereocenters. The van der Waals surface area contributed by atoms with E-state index in [1.165, 1.54) is 12.0 Å². The second kappa shape index (κ2) is 9.84.